The fraction of sp³-hybridized carbons (Fsp3) is 0.462. The number of benzene rings is 1. The van der Waals surface area contributed by atoms with Gasteiger partial charge in [0.2, 0.25) is 0 Å². The molecule has 0 amide bonds. The van der Waals surface area contributed by atoms with Crippen molar-refractivity contribution in [2.75, 3.05) is 26.2 Å². The maximum absolute atomic E-state index is 13.6. The molecule has 1 atom stereocenters. The standard InChI is InChI=1S/C13H15BrFN3/c14-11-2-1-10(9-12(11)15)13(3-4-16)18-7-5-17-6-8-18/h1-2,9,13,17H,3,5-8H2/t13-/m1/s1. The highest BCUT2D eigenvalue weighted by Gasteiger charge is 2.22. The monoisotopic (exact) mass is 311 g/mol. The van der Waals surface area contributed by atoms with Gasteiger partial charge in [0, 0.05) is 32.2 Å². The van der Waals surface area contributed by atoms with Gasteiger partial charge in [-0.25, -0.2) is 4.39 Å². The molecule has 2 rings (SSSR count). The highest BCUT2D eigenvalue weighted by atomic mass is 79.9. The van der Waals surface area contributed by atoms with Gasteiger partial charge < -0.3 is 5.32 Å². The fourth-order valence-corrected chi connectivity index (χ4v) is 2.50. The first-order chi connectivity index (χ1) is 8.72. The van der Waals surface area contributed by atoms with Gasteiger partial charge in [0.1, 0.15) is 5.82 Å². The quantitative estimate of drug-likeness (QED) is 0.932. The predicted molar refractivity (Wildman–Crippen MR) is 71.5 cm³/mol. The number of nitrogens with one attached hydrogen (secondary N) is 1. The van der Waals surface area contributed by atoms with E-state index in [9.17, 15) is 4.39 Å². The third-order valence-corrected chi connectivity index (χ3v) is 3.85. The molecule has 0 radical (unpaired) electrons. The average molecular weight is 312 g/mol. The number of nitriles is 1. The number of nitrogens with zero attached hydrogens (tertiary/aromatic N) is 2. The molecule has 0 unspecified atom stereocenters. The molecule has 1 N–H and O–H groups in total. The second-order valence-corrected chi connectivity index (χ2v) is 5.19. The Morgan fingerprint density at radius 2 is 2.17 bits per heavy atom. The summed E-state index contributed by atoms with van der Waals surface area (Å²) in [6, 6.07) is 7.30. The summed E-state index contributed by atoms with van der Waals surface area (Å²) in [7, 11) is 0. The maximum Gasteiger partial charge on any atom is 0.137 e. The molecule has 18 heavy (non-hydrogen) atoms. The van der Waals surface area contributed by atoms with Crippen LogP contribution in [-0.2, 0) is 0 Å². The first-order valence-corrected chi connectivity index (χ1v) is 6.78. The lowest BCUT2D eigenvalue weighted by atomic mass is 10.0. The van der Waals surface area contributed by atoms with Crippen molar-refractivity contribution in [3.63, 3.8) is 0 Å². The zero-order valence-corrected chi connectivity index (χ0v) is 11.6. The lowest BCUT2D eigenvalue weighted by Gasteiger charge is -2.34. The Kier molecular flexibility index (Phi) is 4.70. The van der Waals surface area contributed by atoms with Crippen LogP contribution < -0.4 is 5.32 Å². The molecule has 1 heterocycles. The van der Waals surface area contributed by atoms with Crippen molar-refractivity contribution in [1.29, 1.82) is 5.26 Å². The number of halogens is 2. The van der Waals surface area contributed by atoms with Crippen molar-refractivity contribution >= 4 is 15.9 Å². The fourth-order valence-electron chi connectivity index (χ4n) is 2.26. The van der Waals surface area contributed by atoms with E-state index in [4.69, 9.17) is 5.26 Å². The van der Waals surface area contributed by atoms with E-state index >= 15 is 0 Å². The van der Waals surface area contributed by atoms with Crippen LogP contribution in [0.3, 0.4) is 0 Å². The van der Waals surface area contributed by atoms with Gasteiger partial charge in [-0.3, -0.25) is 4.90 Å². The van der Waals surface area contributed by atoms with Gasteiger partial charge >= 0.3 is 0 Å². The highest BCUT2D eigenvalue weighted by Crippen LogP contribution is 2.27. The topological polar surface area (TPSA) is 39.1 Å². The molecular weight excluding hydrogens is 297 g/mol. The van der Waals surface area contributed by atoms with E-state index in [2.05, 4.69) is 32.2 Å². The molecule has 1 saturated heterocycles. The summed E-state index contributed by atoms with van der Waals surface area (Å²) in [6.07, 6.45) is 0.390. The number of rotatable bonds is 3. The molecule has 0 aromatic heterocycles. The zero-order chi connectivity index (χ0) is 13.0. The number of hydrogen-bond acceptors (Lipinski definition) is 3. The Morgan fingerprint density at radius 1 is 1.44 bits per heavy atom. The molecule has 1 aromatic carbocycles. The van der Waals surface area contributed by atoms with Crippen LogP contribution in [0.1, 0.15) is 18.0 Å². The summed E-state index contributed by atoms with van der Waals surface area (Å²) >= 11 is 3.15. The predicted octanol–water partition coefficient (Wildman–Crippen LogP) is 2.45. The van der Waals surface area contributed by atoms with E-state index in [1.165, 1.54) is 6.07 Å². The number of piperazine rings is 1. The summed E-state index contributed by atoms with van der Waals surface area (Å²) in [5, 5.41) is 12.2. The molecule has 1 aliphatic rings. The van der Waals surface area contributed by atoms with Crippen LogP contribution >= 0.6 is 15.9 Å². The molecule has 0 bridgehead atoms. The Balaban J connectivity index is 2.22. The molecule has 1 fully saturated rings. The molecule has 96 valence electrons. The molecule has 0 aliphatic carbocycles. The summed E-state index contributed by atoms with van der Waals surface area (Å²) in [4.78, 5) is 2.24. The van der Waals surface area contributed by atoms with E-state index in [0.717, 1.165) is 31.7 Å². The summed E-state index contributed by atoms with van der Waals surface area (Å²) in [5.41, 5.74) is 0.874. The van der Waals surface area contributed by atoms with Gasteiger partial charge in [-0.15, -0.1) is 0 Å². The second kappa shape index (κ2) is 6.28. The van der Waals surface area contributed by atoms with Gasteiger partial charge in [0.15, 0.2) is 0 Å². The third-order valence-electron chi connectivity index (χ3n) is 3.21. The summed E-state index contributed by atoms with van der Waals surface area (Å²) in [6.45, 7) is 3.62. The van der Waals surface area contributed by atoms with Gasteiger partial charge in [-0.1, -0.05) is 6.07 Å². The van der Waals surface area contributed by atoms with E-state index < -0.39 is 0 Å². The zero-order valence-electron chi connectivity index (χ0n) is 10.00. The van der Waals surface area contributed by atoms with Crippen molar-refractivity contribution in [3.05, 3.63) is 34.1 Å². The van der Waals surface area contributed by atoms with Crippen molar-refractivity contribution in [2.45, 2.75) is 12.5 Å². The van der Waals surface area contributed by atoms with Gasteiger partial charge in [-0.2, -0.15) is 5.26 Å². The molecule has 1 aromatic rings. The van der Waals surface area contributed by atoms with Gasteiger partial charge in [0.25, 0.3) is 0 Å². The minimum absolute atomic E-state index is 0.0142. The lowest BCUT2D eigenvalue weighted by Crippen LogP contribution is -2.45. The van der Waals surface area contributed by atoms with Crippen LogP contribution in [0.2, 0.25) is 0 Å². The molecule has 5 heteroatoms. The average Bonchev–Trinajstić information content (AvgIpc) is 2.40. The van der Waals surface area contributed by atoms with Crippen LogP contribution in [0.4, 0.5) is 4.39 Å². The normalized spacial score (nSPS) is 18.3. The van der Waals surface area contributed by atoms with Crippen LogP contribution in [0, 0.1) is 17.1 Å². The summed E-state index contributed by atoms with van der Waals surface area (Å²) < 4.78 is 14.0. The van der Waals surface area contributed by atoms with E-state index in [1.807, 2.05) is 6.07 Å². The van der Waals surface area contributed by atoms with Crippen LogP contribution in [0.15, 0.2) is 22.7 Å². The smallest absolute Gasteiger partial charge is 0.137 e. The van der Waals surface area contributed by atoms with Gasteiger partial charge in [0.05, 0.1) is 17.0 Å². The Morgan fingerprint density at radius 3 is 2.78 bits per heavy atom. The molecule has 0 saturated carbocycles. The van der Waals surface area contributed by atoms with Crippen molar-refractivity contribution in [1.82, 2.24) is 10.2 Å². The van der Waals surface area contributed by atoms with Crippen molar-refractivity contribution < 1.29 is 4.39 Å². The molecule has 3 nitrogen and oxygen atoms in total. The largest absolute Gasteiger partial charge is 0.314 e. The first kappa shape index (κ1) is 13.5. The second-order valence-electron chi connectivity index (χ2n) is 4.34. The van der Waals surface area contributed by atoms with Crippen LogP contribution in [0.5, 0.6) is 0 Å². The Bertz CT molecular complexity index is 452. The highest BCUT2D eigenvalue weighted by molar-refractivity contribution is 9.10. The van der Waals surface area contributed by atoms with E-state index in [1.54, 1.807) is 6.07 Å². The Hall–Kier alpha value is -0.960. The minimum atomic E-state index is -0.273. The summed E-state index contributed by atoms with van der Waals surface area (Å²) in [5.74, 6) is -0.273. The number of hydrogen-bond donors (Lipinski definition) is 1. The van der Waals surface area contributed by atoms with Crippen LogP contribution in [0.25, 0.3) is 0 Å². The molecule has 0 spiro atoms. The molecular formula is C13H15BrFN3. The maximum atomic E-state index is 13.6. The van der Waals surface area contributed by atoms with Crippen molar-refractivity contribution in [2.24, 2.45) is 0 Å². The SMILES string of the molecule is N#CC[C@H](c1ccc(Br)c(F)c1)N1CCNCC1. The third kappa shape index (κ3) is 3.08. The molecule has 1 aliphatic heterocycles. The minimum Gasteiger partial charge on any atom is -0.314 e. The Labute approximate surface area is 115 Å². The lowest BCUT2D eigenvalue weighted by molar-refractivity contribution is 0.175. The van der Waals surface area contributed by atoms with Crippen LogP contribution in [-0.4, -0.2) is 31.1 Å². The van der Waals surface area contributed by atoms with Gasteiger partial charge in [-0.05, 0) is 33.6 Å². The van der Waals surface area contributed by atoms with E-state index in [0.29, 0.717) is 10.9 Å². The van der Waals surface area contributed by atoms with E-state index in [-0.39, 0.29) is 11.9 Å². The van der Waals surface area contributed by atoms with Crippen molar-refractivity contribution in [3.8, 4) is 6.07 Å². The first-order valence-electron chi connectivity index (χ1n) is 5.99.